The van der Waals surface area contributed by atoms with Gasteiger partial charge in [0.15, 0.2) is 0 Å². The highest BCUT2D eigenvalue weighted by molar-refractivity contribution is 6.05. The third-order valence-corrected chi connectivity index (χ3v) is 4.69. The van der Waals surface area contributed by atoms with Crippen molar-refractivity contribution in [2.24, 2.45) is 5.16 Å². The summed E-state index contributed by atoms with van der Waals surface area (Å²) in [5.41, 5.74) is -0.207. The number of esters is 1. The molecule has 9 heteroatoms. The number of rotatable bonds is 5. The van der Waals surface area contributed by atoms with Crippen LogP contribution in [0.2, 0.25) is 0 Å². The zero-order valence-corrected chi connectivity index (χ0v) is 15.3. The van der Waals surface area contributed by atoms with Crippen LogP contribution in [0.25, 0.3) is 0 Å². The van der Waals surface area contributed by atoms with Gasteiger partial charge in [0, 0.05) is 25.5 Å². The average molecular weight is 380 g/mol. The van der Waals surface area contributed by atoms with Crippen molar-refractivity contribution >= 4 is 17.6 Å². The number of hydrogen-bond donors (Lipinski definition) is 1. The van der Waals surface area contributed by atoms with Gasteiger partial charge in [-0.15, -0.1) is 0 Å². The molecule has 27 heavy (non-hydrogen) atoms. The number of methoxy groups -OCH3 is 2. The van der Waals surface area contributed by atoms with Crippen molar-refractivity contribution in [3.05, 3.63) is 35.6 Å². The molecule has 2 heterocycles. The van der Waals surface area contributed by atoms with Gasteiger partial charge in [-0.3, -0.25) is 4.79 Å². The molecule has 8 nitrogen and oxygen atoms in total. The topological polar surface area (TPSA) is 95.5 Å². The maximum absolute atomic E-state index is 13.4. The summed E-state index contributed by atoms with van der Waals surface area (Å²) in [6.45, 7) is 1.68. The standard InChI is InChI=1S/C18H21FN2O6/c1-17(9-14(21-27-17)11-5-4-6-12(19)7-11)15(22)20-13-8-18(25-3,26-10-13)16(23)24-2/h4-7,13H,8-10H2,1-3H3,(H,20,22)/t13-,17?,18-/m0/s1. The molecule has 146 valence electrons. The Morgan fingerprint density at radius 3 is 2.81 bits per heavy atom. The maximum Gasteiger partial charge on any atom is 0.366 e. The quantitative estimate of drug-likeness (QED) is 0.770. The molecule has 0 saturated carbocycles. The number of amides is 1. The Hall–Kier alpha value is -2.52. The van der Waals surface area contributed by atoms with Gasteiger partial charge in [-0.1, -0.05) is 17.3 Å². The van der Waals surface area contributed by atoms with Crippen LogP contribution in [0.4, 0.5) is 4.39 Å². The zero-order valence-electron chi connectivity index (χ0n) is 15.3. The number of hydrogen-bond acceptors (Lipinski definition) is 7. The lowest BCUT2D eigenvalue weighted by atomic mass is 9.94. The van der Waals surface area contributed by atoms with Gasteiger partial charge in [-0.05, 0) is 19.1 Å². The van der Waals surface area contributed by atoms with Gasteiger partial charge < -0.3 is 24.4 Å². The SMILES string of the molecule is COC(=O)[C@]1(OC)C[C@H](NC(=O)C2(C)CC(c3cccc(F)c3)=NO2)CO1. The first-order chi connectivity index (χ1) is 12.8. The smallest absolute Gasteiger partial charge is 0.366 e. The van der Waals surface area contributed by atoms with E-state index in [1.54, 1.807) is 19.1 Å². The van der Waals surface area contributed by atoms with Crippen LogP contribution in [-0.4, -0.2) is 55.8 Å². The number of nitrogens with one attached hydrogen (secondary N) is 1. The molecule has 1 aromatic carbocycles. The van der Waals surface area contributed by atoms with Crippen molar-refractivity contribution in [1.29, 1.82) is 0 Å². The van der Waals surface area contributed by atoms with Crippen molar-refractivity contribution < 1.29 is 33.0 Å². The molecule has 2 aliphatic rings. The third kappa shape index (κ3) is 3.65. The molecular weight excluding hydrogens is 359 g/mol. The van der Waals surface area contributed by atoms with E-state index >= 15 is 0 Å². The maximum atomic E-state index is 13.4. The van der Waals surface area contributed by atoms with E-state index in [2.05, 4.69) is 10.5 Å². The fraction of sp³-hybridized carbons (Fsp3) is 0.500. The van der Waals surface area contributed by atoms with Crippen LogP contribution in [0.5, 0.6) is 0 Å². The van der Waals surface area contributed by atoms with Gasteiger partial charge in [0.05, 0.1) is 25.5 Å². The number of oxime groups is 1. The molecule has 1 fully saturated rings. The van der Waals surface area contributed by atoms with E-state index in [1.807, 2.05) is 0 Å². The van der Waals surface area contributed by atoms with E-state index < -0.39 is 35.1 Å². The highest BCUT2D eigenvalue weighted by Crippen LogP contribution is 2.31. The summed E-state index contributed by atoms with van der Waals surface area (Å²) in [4.78, 5) is 30.0. The molecule has 1 N–H and O–H groups in total. The van der Waals surface area contributed by atoms with Gasteiger partial charge >= 0.3 is 5.97 Å². The molecule has 0 spiro atoms. The molecule has 3 atom stereocenters. The summed E-state index contributed by atoms with van der Waals surface area (Å²) in [5.74, 6) is -3.01. The van der Waals surface area contributed by atoms with Crippen molar-refractivity contribution in [1.82, 2.24) is 5.32 Å². The fourth-order valence-corrected chi connectivity index (χ4v) is 3.12. The van der Waals surface area contributed by atoms with Gasteiger partial charge in [0.25, 0.3) is 11.7 Å². The largest absolute Gasteiger partial charge is 0.465 e. The van der Waals surface area contributed by atoms with E-state index in [1.165, 1.54) is 26.4 Å². The van der Waals surface area contributed by atoms with Gasteiger partial charge in [-0.25, -0.2) is 9.18 Å². The number of ether oxygens (including phenoxy) is 3. The molecule has 1 amide bonds. The Morgan fingerprint density at radius 1 is 1.37 bits per heavy atom. The van der Waals surface area contributed by atoms with Crippen LogP contribution < -0.4 is 5.32 Å². The number of halogens is 1. The fourth-order valence-electron chi connectivity index (χ4n) is 3.12. The minimum atomic E-state index is -1.53. The average Bonchev–Trinajstić information content (AvgIpc) is 3.26. The van der Waals surface area contributed by atoms with E-state index in [9.17, 15) is 14.0 Å². The summed E-state index contributed by atoms with van der Waals surface area (Å²) in [6, 6.07) is 5.46. The predicted octanol–water partition coefficient (Wildman–Crippen LogP) is 1.13. The first-order valence-electron chi connectivity index (χ1n) is 8.41. The second-order valence-electron chi connectivity index (χ2n) is 6.68. The summed E-state index contributed by atoms with van der Waals surface area (Å²) in [5, 5.41) is 6.73. The van der Waals surface area contributed by atoms with Crippen molar-refractivity contribution in [2.45, 2.75) is 37.2 Å². The lowest BCUT2D eigenvalue weighted by molar-refractivity contribution is -0.220. The van der Waals surface area contributed by atoms with Crippen LogP contribution in [0.15, 0.2) is 29.4 Å². The second-order valence-corrected chi connectivity index (χ2v) is 6.68. The predicted molar refractivity (Wildman–Crippen MR) is 91.3 cm³/mol. The normalized spacial score (nSPS) is 29.8. The van der Waals surface area contributed by atoms with Gasteiger partial charge in [0.2, 0.25) is 5.60 Å². The van der Waals surface area contributed by atoms with Crippen LogP contribution in [0.3, 0.4) is 0 Å². The number of nitrogens with zero attached hydrogens (tertiary/aromatic N) is 1. The lowest BCUT2D eigenvalue weighted by Crippen LogP contribution is -2.50. The zero-order chi connectivity index (χ0) is 19.7. The Kier molecular flexibility index (Phi) is 5.16. The Bertz CT molecular complexity index is 785. The summed E-state index contributed by atoms with van der Waals surface area (Å²) >= 11 is 0. The Labute approximate surface area is 155 Å². The van der Waals surface area contributed by atoms with Gasteiger partial charge in [0.1, 0.15) is 5.82 Å². The third-order valence-electron chi connectivity index (χ3n) is 4.69. The molecule has 2 aliphatic heterocycles. The van der Waals surface area contributed by atoms with E-state index in [0.29, 0.717) is 11.3 Å². The van der Waals surface area contributed by atoms with E-state index in [0.717, 1.165) is 0 Å². The molecule has 1 unspecified atom stereocenters. The molecular formula is C18H21FN2O6. The molecule has 0 aliphatic carbocycles. The highest BCUT2D eigenvalue weighted by atomic mass is 19.1. The summed E-state index contributed by atoms with van der Waals surface area (Å²) < 4.78 is 28.7. The van der Waals surface area contributed by atoms with Crippen molar-refractivity contribution in [3.8, 4) is 0 Å². The molecule has 3 rings (SSSR count). The number of benzene rings is 1. The molecule has 1 aromatic rings. The minimum Gasteiger partial charge on any atom is -0.465 e. The van der Waals surface area contributed by atoms with Crippen LogP contribution in [0, 0.1) is 5.82 Å². The van der Waals surface area contributed by atoms with Crippen molar-refractivity contribution in [2.75, 3.05) is 20.8 Å². The highest BCUT2D eigenvalue weighted by Gasteiger charge is 2.51. The second kappa shape index (κ2) is 7.24. The van der Waals surface area contributed by atoms with E-state index in [-0.39, 0.29) is 19.4 Å². The summed E-state index contributed by atoms with van der Waals surface area (Å²) in [7, 11) is 2.57. The first-order valence-corrected chi connectivity index (χ1v) is 8.41. The van der Waals surface area contributed by atoms with Crippen LogP contribution in [0.1, 0.15) is 25.3 Å². The van der Waals surface area contributed by atoms with Crippen LogP contribution in [-0.2, 0) is 28.6 Å². The van der Waals surface area contributed by atoms with E-state index in [4.69, 9.17) is 19.0 Å². The Balaban J connectivity index is 1.63. The number of carbonyl (C=O) groups is 2. The van der Waals surface area contributed by atoms with Gasteiger partial charge in [-0.2, -0.15) is 0 Å². The molecule has 0 aromatic heterocycles. The molecule has 1 saturated heterocycles. The number of carbonyl (C=O) groups excluding carboxylic acids is 2. The first kappa shape index (κ1) is 19.2. The molecule has 0 bridgehead atoms. The minimum absolute atomic E-state index is 0.0857. The molecule has 0 radical (unpaired) electrons. The summed E-state index contributed by atoms with van der Waals surface area (Å²) in [6.07, 6.45) is 0.290. The van der Waals surface area contributed by atoms with Crippen molar-refractivity contribution in [3.63, 3.8) is 0 Å². The lowest BCUT2D eigenvalue weighted by Gasteiger charge is -2.24. The Morgan fingerprint density at radius 2 is 2.15 bits per heavy atom. The monoisotopic (exact) mass is 380 g/mol. The van der Waals surface area contributed by atoms with Crippen LogP contribution >= 0.6 is 0 Å².